The molecule has 9 heteroatoms. The standard InChI is InChI=1S/C18H18Cl2N4O2S/c1-10(2)24-17(13-6-7-26-11(13)3)22-23-18(24)27-9-16(25)21-15-5-4-12(19)8-14(15)20/h4-8,10H,9H2,1-3H3,(H,21,25). The van der Waals surface area contributed by atoms with E-state index in [0.717, 1.165) is 17.1 Å². The van der Waals surface area contributed by atoms with Gasteiger partial charge in [0.2, 0.25) is 5.91 Å². The Bertz CT molecular complexity index is 968. The van der Waals surface area contributed by atoms with Gasteiger partial charge in [-0.05, 0) is 45.0 Å². The maximum atomic E-state index is 12.3. The molecule has 0 unspecified atom stereocenters. The number of hydrogen-bond donors (Lipinski definition) is 1. The summed E-state index contributed by atoms with van der Waals surface area (Å²) in [5.74, 6) is 1.48. The van der Waals surface area contributed by atoms with E-state index in [1.807, 2.05) is 31.4 Å². The molecule has 3 rings (SSSR count). The summed E-state index contributed by atoms with van der Waals surface area (Å²) in [4.78, 5) is 12.3. The Labute approximate surface area is 171 Å². The van der Waals surface area contributed by atoms with Crippen LogP contribution in [-0.2, 0) is 4.79 Å². The Morgan fingerprint density at radius 3 is 2.70 bits per heavy atom. The van der Waals surface area contributed by atoms with E-state index in [9.17, 15) is 4.79 Å². The molecule has 27 heavy (non-hydrogen) atoms. The van der Waals surface area contributed by atoms with Gasteiger partial charge in [0.15, 0.2) is 11.0 Å². The predicted molar refractivity (Wildman–Crippen MR) is 109 cm³/mol. The second-order valence-corrected chi connectivity index (χ2v) is 7.91. The first kappa shape index (κ1) is 19.8. The molecule has 6 nitrogen and oxygen atoms in total. The molecule has 0 atom stereocenters. The van der Waals surface area contributed by atoms with E-state index in [1.165, 1.54) is 11.8 Å². The van der Waals surface area contributed by atoms with Crippen LogP contribution in [0, 0.1) is 6.92 Å². The molecule has 0 aliphatic carbocycles. The first-order valence-corrected chi connectivity index (χ1v) is 9.98. The van der Waals surface area contributed by atoms with Crippen molar-refractivity contribution in [3.8, 4) is 11.4 Å². The number of rotatable bonds is 6. The van der Waals surface area contributed by atoms with Gasteiger partial charge in [-0.1, -0.05) is 35.0 Å². The fourth-order valence-corrected chi connectivity index (χ4v) is 3.87. The van der Waals surface area contributed by atoms with E-state index in [2.05, 4.69) is 15.5 Å². The fraction of sp³-hybridized carbons (Fsp3) is 0.278. The number of aromatic nitrogens is 3. The number of aryl methyl sites for hydroxylation is 1. The molecule has 2 heterocycles. The number of carbonyl (C=O) groups is 1. The number of carbonyl (C=O) groups excluding carboxylic acids is 1. The molecule has 0 saturated carbocycles. The zero-order valence-corrected chi connectivity index (χ0v) is 17.3. The molecule has 0 aliphatic rings. The average molecular weight is 425 g/mol. The van der Waals surface area contributed by atoms with Gasteiger partial charge in [0.25, 0.3) is 0 Å². The molecule has 2 aromatic heterocycles. The van der Waals surface area contributed by atoms with Crippen LogP contribution < -0.4 is 5.32 Å². The van der Waals surface area contributed by atoms with Crippen LogP contribution in [0.15, 0.2) is 40.1 Å². The van der Waals surface area contributed by atoms with Crippen molar-refractivity contribution in [3.05, 3.63) is 46.3 Å². The summed E-state index contributed by atoms with van der Waals surface area (Å²) < 4.78 is 7.36. The quantitative estimate of drug-likeness (QED) is 0.531. The van der Waals surface area contributed by atoms with Crippen molar-refractivity contribution in [1.29, 1.82) is 0 Å². The molecule has 0 radical (unpaired) electrons. The highest BCUT2D eigenvalue weighted by Gasteiger charge is 2.20. The molecule has 0 bridgehead atoms. The molecule has 3 aromatic rings. The molecule has 0 aliphatic heterocycles. The minimum Gasteiger partial charge on any atom is -0.469 e. The number of nitrogens with zero attached hydrogens (tertiary/aromatic N) is 3. The number of amides is 1. The summed E-state index contributed by atoms with van der Waals surface area (Å²) in [5.41, 5.74) is 1.41. The van der Waals surface area contributed by atoms with Crippen molar-refractivity contribution < 1.29 is 9.21 Å². The highest BCUT2D eigenvalue weighted by atomic mass is 35.5. The zero-order valence-electron chi connectivity index (χ0n) is 15.0. The maximum Gasteiger partial charge on any atom is 0.234 e. The van der Waals surface area contributed by atoms with Gasteiger partial charge in [0, 0.05) is 11.1 Å². The van der Waals surface area contributed by atoms with Gasteiger partial charge in [0.1, 0.15) is 5.76 Å². The van der Waals surface area contributed by atoms with Crippen molar-refractivity contribution in [2.75, 3.05) is 11.1 Å². The van der Waals surface area contributed by atoms with Gasteiger partial charge >= 0.3 is 0 Å². The largest absolute Gasteiger partial charge is 0.469 e. The molecule has 0 saturated heterocycles. The van der Waals surface area contributed by atoms with E-state index in [4.69, 9.17) is 27.6 Å². The van der Waals surface area contributed by atoms with Crippen molar-refractivity contribution in [2.24, 2.45) is 0 Å². The normalized spacial score (nSPS) is 11.2. The third-order valence-corrected chi connectivity index (χ3v) is 5.31. The first-order chi connectivity index (χ1) is 12.9. The molecular weight excluding hydrogens is 407 g/mol. The number of benzene rings is 1. The SMILES string of the molecule is Cc1occc1-c1nnc(SCC(=O)Nc2ccc(Cl)cc2Cl)n1C(C)C. The van der Waals surface area contributed by atoms with Crippen molar-refractivity contribution in [2.45, 2.75) is 32.0 Å². The molecule has 0 fully saturated rings. The molecule has 142 valence electrons. The number of furan rings is 1. The van der Waals surface area contributed by atoms with Crippen LogP contribution in [0.4, 0.5) is 5.69 Å². The van der Waals surface area contributed by atoms with Gasteiger partial charge in [0.05, 0.1) is 28.3 Å². The van der Waals surface area contributed by atoms with Gasteiger partial charge in [-0.15, -0.1) is 10.2 Å². The maximum absolute atomic E-state index is 12.3. The van der Waals surface area contributed by atoms with Crippen LogP contribution in [-0.4, -0.2) is 26.4 Å². The molecule has 1 N–H and O–H groups in total. The van der Waals surface area contributed by atoms with Crippen LogP contribution in [0.5, 0.6) is 0 Å². The van der Waals surface area contributed by atoms with Crippen LogP contribution in [0.1, 0.15) is 25.6 Å². The van der Waals surface area contributed by atoms with Crippen LogP contribution >= 0.6 is 35.0 Å². The third-order valence-electron chi connectivity index (χ3n) is 3.82. The molecule has 1 aromatic carbocycles. The summed E-state index contributed by atoms with van der Waals surface area (Å²) in [6.07, 6.45) is 1.63. The summed E-state index contributed by atoms with van der Waals surface area (Å²) in [5, 5.41) is 12.9. The molecular formula is C18H18Cl2N4O2S. The van der Waals surface area contributed by atoms with Crippen LogP contribution in [0.3, 0.4) is 0 Å². The lowest BCUT2D eigenvalue weighted by Crippen LogP contribution is -2.15. The number of anilines is 1. The lowest BCUT2D eigenvalue weighted by molar-refractivity contribution is -0.113. The number of thioether (sulfide) groups is 1. The number of nitrogens with one attached hydrogen (secondary N) is 1. The second kappa shape index (κ2) is 8.37. The zero-order chi connectivity index (χ0) is 19.6. The van der Waals surface area contributed by atoms with E-state index in [1.54, 1.807) is 24.5 Å². The Morgan fingerprint density at radius 2 is 2.07 bits per heavy atom. The van der Waals surface area contributed by atoms with Gasteiger partial charge < -0.3 is 9.73 Å². The van der Waals surface area contributed by atoms with Gasteiger partial charge in [-0.25, -0.2) is 0 Å². The predicted octanol–water partition coefficient (Wildman–Crippen LogP) is 5.47. The van der Waals surface area contributed by atoms with Crippen molar-refractivity contribution >= 4 is 46.6 Å². The number of hydrogen-bond acceptors (Lipinski definition) is 5. The van der Waals surface area contributed by atoms with E-state index >= 15 is 0 Å². The third kappa shape index (κ3) is 4.48. The summed E-state index contributed by atoms with van der Waals surface area (Å²) >= 11 is 13.3. The van der Waals surface area contributed by atoms with Crippen molar-refractivity contribution in [3.63, 3.8) is 0 Å². The Balaban J connectivity index is 1.73. The lowest BCUT2D eigenvalue weighted by atomic mass is 10.2. The smallest absolute Gasteiger partial charge is 0.234 e. The Morgan fingerprint density at radius 1 is 1.30 bits per heavy atom. The van der Waals surface area contributed by atoms with Gasteiger partial charge in [-0.2, -0.15) is 0 Å². The Kier molecular flexibility index (Phi) is 6.14. The second-order valence-electron chi connectivity index (χ2n) is 6.12. The topological polar surface area (TPSA) is 72.9 Å². The highest BCUT2D eigenvalue weighted by Crippen LogP contribution is 2.30. The van der Waals surface area contributed by atoms with E-state index in [-0.39, 0.29) is 17.7 Å². The summed E-state index contributed by atoms with van der Waals surface area (Å²) in [7, 11) is 0. The van der Waals surface area contributed by atoms with Crippen LogP contribution in [0.2, 0.25) is 10.0 Å². The molecule has 0 spiro atoms. The highest BCUT2D eigenvalue weighted by molar-refractivity contribution is 7.99. The Hall–Kier alpha value is -1.96. The average Bonchev–Trinajstić information content (AvgIpc) is 3.21. The van der Waals surface area contributed by atoms with Gasteiger partial charge in [-0.3, -0.25) is 9.36 Å². The van der Waals surface area contributed by atoms with E-state index in [0.29, 0.717) is 20.9 Å². The molecule has 1 amide bonds. The summed E-state index contributed by atoms with van der Waals surface area (Å²) in [6, 6.07) is 6.91. The first-order valence-electron chi connectivity index (χ1n) is 8.24. The number of halogens is 2. The lowest BCUT2D eigenvalue weighted by Gasteiger charge is -2.13. The fourth-order valence-electron chi connectivity index (χ4n) is 2.55. The van der Waals surface area contributed by atoms with Crippen molar-refractivity contribution in [1.82, 2.24) is 14.8 Å². The van der Waals surface area contributed by atoms with E-state index < -0.39 is 0 Å². The minimum atomic E-state index is -0.191. The monoisotopic (exact) mass is 424 g/mol. The van der Waals surface area contributed by atoms with Crippen LogP contribution in [0.25, 0.3) is 11.4 Å². The summed E-state index contributed by atoms with van der Waals surface area (Å²) in [6.45, 7) is 5.96. The minimum absolute atomic E-state index is 0.126.